The fourth-order valence-electron chi connectivity index (χ4n) is 3.71. The van der Waals surface area contributed by atoms with E-state index in [1.165, 1.54) is 0 Å². The standard InChI is InChI=1S/C19H25N3O4/c1-2-26-16-6-4-3-5-15(16)22-12-14(11-17(22)23)19(25)21-9-7-13(8-10-21)18(20)24/h3-6,13-14H,2,7-12H2,1H3,(H2,20,24). The van der Waals surface area contributed by atoms with Crippen molar-refractivity contribution in [3.63, 3.8) is 0 Å². The normalized spacial score (nSPS) is 21.1. The molecule has 2 fully saturated rings. The minimum Gasteiger partial charge on any atom is -0.492 e. The van der Waals surface area contributed by atoms with E-state index >= 15 is 0 Å². The van der Waals surface area contributed by atoms with E-state index in [2.05, 4.69) is 0 Å². The fraction of sp³-hybridized carbons (Fsp3) is 0.526. The molecule has 2 saturated heterocycles. The molecule has 0 aliphatic carbocycles. The van der Waals surface area contributed by atoms with Crippen LogP contribution in [0.4, 0.5) is 5.69 Å². The molecule has 2 aliphatic heterocycles. The van der Waals surface area contributed by atoms with Crippen LogP contribution in [-0.4, -0.2) is 48.9 Å². The average Bonchev–Trinajstić information content (AvgIpc) is 3.03. The van der Waals surface area contributed by atoms with Crippen LogP contribution in [0.2, 0.25) is 0 Å². The number of hydrogen-bond donors (Lipinski definition) is 1. The molecule has 1 aromatic carbocycles. The number of amides is 3. The Kier molecular flexibility index (Phi) is 5.44. The molecule has 26 heavy (non-hydrogen) atoms. The molecule has 1 aromatic rings. The summed E-state index contributed by atoms with van der Waals surface area (Å²) in [6.45, 7) is 3.80. The summed E-state index contributed by atoms with van der Waals surface area (Å²) in [5, 5.41) is 0. The summed E-state index contributed by atoms with van der Waals surface area (Å²) in [6.07, 6.45) is 1.40. The molecule has 1 atom stereocenters. The van der Waals surface area contributed by atoms with Gasteiger partial charge in [0.2, 0.25) is 17.7 Å². The number of anilines is 1. The van der Waals surface area contributed by atoms with Gasteiger partial charge in [-0.1, -0.05) is 12.1 Å². The van der Waals surface area contributed by atoms with E-state index in [0.717, 1.165) is 0 Å². The highest BCUT2D eigenvalue weighted by Gasteiger charge is 2.39. The predicted octanol–water partition coefficient (Wildman–Crippen LogP) is 1.16. The number of nitrogens with two attached hydrogens (primary N) is 1. The maximum atomic E-state index is 12.8. The van der Waals surface area contributed by atoms with Crippen LogP contribution in [0, 0.1) is 11.8 Å². The van der Waals surface area contributed by atoms with Crippen molar-refractivity contribution < 1.29 is 19.1 Å². The van der Waals surface area contributed by atoms with Crippen molar-refractivity contribution >= 4 is 23.4 Å². The summed E-state index contributed by atoms with van der Waals surface area (Å²) in [5.41, 5.74) is 6.06. The lowest BCUT2D eigenvalue weighted by Crippen LogP contribution is -2.44. The van der Waals surface area contributed by atoms with Crippen LogP contribution in [0.5, 0.6) is 5.75 Å². The quantitative estimate of drug-likeness (QED) is 0.854. The molecule has 7 heteroatoms. The molecule has 0 spiro atoms. The van der Waals surface area contributed by atoms with Gasteiger partial charge < -0.3 is 20.3 Å². The maximum Gasteiger partial charge on any atom is 0.228 e. The Hall–Kier alpha value is -2.57. The molecule has 0 radical (unpaired) electrons. The first-order chi connectivity index (χ1) is 12.5. The molecular formula is C19H25N3O4. The summed E-state index contributed by atoms with van der Waals surface area (Å²) < 4.78 is 5.61. The number of carbonyl (C=O) groups is 3. The van der Waals surface area contributed by atoms with Crippen molar-refractivity contribution in [2.24, 2.45) is 17.6 Å². The molecule has 0 bridgehead atoms. The lowest BCUT2D eigenvalue weighted by Gasteiger charge is -2.32. The number of likely N-dealkylation sites (tertiary alicyclic amines) is 1. The third-order valence-electron chi connectivity index (χ3n) is 5.14. The van der Waals surface area contributed by atoms with E-state index < -0.39 is 0 Å². The molecule has 2 aliphatic rings. The smallest absolute Gasteiger partial charge is 0.228 e. The second kappa shape index (κ2) is 7.76. The largest absolute Gasteiger partial charge is 0.492 e. The van der Waals surface area contributed by atoms with Crippen LogP contribution in [-0.2, 0) is 14.4 Å². The molecule has 2 N–H and O–H groups in total. The Labute approximate surface area is 153 Å². The number of primary amides is 1. The van der Waals surface area contributed by atoms with E-state index in [4.69, 9.17) is 10.5 Å². The first-order valence-corrected chi connectivity index (χ1v) is 9.11. The summed E-state index contributed by atoms with van der Waals surface area (Å²) in [7, 11) is 0. The van der Waals surface area contributed by atoms with Crippen LogP contribution >= 0.6 is 0 Å². The van der Waals surface area contributed by atoms with Crippen molar-refractivity contribution in [1.82, 2.24) is 4.90 Å². The monoisotopic (exact) mass is 359 g/mol. The molecule has 2 heterocycles. The zero-order valence-corrected chi connectivity index (χ0v) is 15.0. The number of rotatable bonds is 5. The highest BCUT2D eigenvalue weighted by atomic mass is 16.5. The molecule has 3 rings (SSSR count). The van der Waals surface area contributed by atoms with Crippen LogP contribution < -0.4 is 15.4 Å². The number of para-hydroxylation sites is 2. The zero-order valence-electron chi connectivity index (χ0n) is 15.0. The number of benzene rings is 1. The Morgan fingerprint density at radius 3 is 2.54 bits per heavy atom. The fourth-order valence-corrected chi connectivity index (χ4v) is 3.71. The third-order valence-corrected chi connectivity index (χ3v) is 5.14. The van der Waals surface area contributed by atoms with Gasteiger partial charge in [0.1, 0.15) is 5.75 Å². The van der Waals surface area contributed by atoms with Gasteiger partial charge >= 0.3 is 0 Å². The van der Waals surface area contributed by atoms with E-state index in [-0.39, 0.29) is 36.0 Å². The van der Waals surface area contributed by atoms with Gasteiger partial charge in [-0.05, 0) is 31.9 Å². The van der Waals surface area contributed by atoms with Gasteiger partial charge in [0.25, 0.3) is 0 Å². The van der Waals surface area contributed by atoms with Crippen LogP contribution in [0.3, 0.4) is 0 Å². The Balaban J connectivity index is 1.66. The molecule has 1 unspecified atom stereocenters. The first-order valence-electron chi connectivity index (χ1n) is 9.11. The number of nitrogens with zero attached hydrogens (tertiary/aromatic N) is 2. The minimum atomic E-state index is -0.359. The molecular weight excluding hydrogens is 334 g/mol. The van der Waals surface area contributed by atoms with Gasteiger partial charge in [0.05, 0.1) is 18.2 Å². The van der Waals surface area contributed by atoms with Crippen molar-refractivity contribution in [3.05, 3.63) is 24.3 Å². The summed E-state index contributed by atoms with van der Waals surface area (Å²) in [4.78, 5) is 40.0. The van der Waals surface area contributed by atoms with Gasteiger partial charge in [0, 0.05) is 32.0 Å². The second-order valence-corrected chi connectivity index (χ2v) is 6.81. The molecule has 3 amide bonds. The Morgan fingerprint density at radius 1 is 1.19 bits per heavy atom. The summed E-state index contributed by atoms with van der Waals surface area (Å²) >= 11 is 0. The van der Waals surface area contributed by atoms with Gasteiger partial charge in [-0.2, -0.15) is 0 Å². The lowest BCUT2D eigenvalue weighted by molar-refractivity contribution is -0.138. The first kappa shape index (κ1) is 18.2. The van der Waals surface area contributed by atoms with Crippen molar-refractivity contribution in [2.45, 2.75) is 26.2 Å². The SMILES string of the molecule is CCOc1ccccc1N1CC(C(=O)N2CCC(C(N)=O)CC2)CC1=O. The van der Waals surface area contributed by atoms with Crippen molar-refractivity contribution in [2.75, 3.05) is 31.1 Å². The van der Waals surface area contributed by atoms with Crippen molar-refractivity contribution in [3.8, 4) is 5.75 Å². The molecule has 0 saturated carbocycles. The van der Waals surface area contributed by atoms with E-state index in [1.54, 1.807) is 9.80 Å². The number of ether oxygens (including phenoxy) is 1. The second-order valence-electron chi connectivity index (χ2n) is 6.81. The summed E-state index contributed by atoms with van der Waals surface area (Å²) in [6, 6.07) is 7.39. The van der Waals surface area contributed by atoms with Crippen molar-refractivity contribution in [1.29, 1.82) is 0 Å². The molecule has 7 nitrogen and oxygen atoms in total. The number of carbonyl (C=O) groups excluding carboxylic acids is 3. The van der Waals surface area contributed by atoms with Crippen LogP contribution in [0.15, 0.2) is 24.3 Å². The van der Waals surface area contributed by atoms with E-state index in [0.29, 0.717) is 50.5 Å². The molecule has 0 aromatic heterocycles. The minimum absolute atomic E-state index is 0.0161. The van der Waals surface area contributed by atoms with Gasteiger partial charge in [0.15, 0.2) is 0 Å². The Bertz CT molecular complexity index is 698. The molecule has 140 valence electrons. The zero-order chi connectivity index (χ0) is 18.7. The van der Waals surface area contributed by atoms with E-state index in [1.807, 2.05) is 31.2 Å². The Morgan fingerprint density at radius 2 is 1.88 bits per heavy atom. The van der Waals surface area contributed by atoms with Crippen LogP contribution in [0.25, 0.3) is 0 Å². The number of hydrogen-bond acceptors (Lipinski definition) is 4. The topological polar surface area (TPSA) is 92.9 Å². The highest BCUT2D eigenvalue weighted by Crippen LogP contribution is 2.34. The highest BCUT2D eigenvalue weighted by molar-refractivity contribution is 6.01. The van der Waals surface area contributed by atoms with Gasteiger partial charge in [-0.15, -0.1) is 0 Å². The van der Waals surface area contributed by atoms with E-state index in [9.17, 15) is 14.4 Å². The average molecular weight is 359 g/mol. The third kappa shape index (κ3) is 3.66. The predicted molar refractivity (Wildman–Crippen MR) is 96.6 cm³/mol. The van der Waals surface area contributed by atoms with Crippen LogP contribution in [0.1, 0.15) is 26.2 Å². The van der Waals surface area contributed by atoms with Gasteiger partial charge in [-0.3, -0.25) is 14.4 Å². The maximum absolute atomic E-state index is 12.8. The lowest BCUT2D eigenvalue weighted by atomic mass is 9.95. The number of piperidine rings is 1. The summed E-state index contributed by atoms with van der Waals surface area (Å²) in [5.74, 6) is -0.244. The van der Waals surface area contributed by atoms with Gasteiger partial charge in [-0.25, -0.2) is 0 Å².